The molecule has 1 aromatic carbocycles. The topological polar surface area (TPSA) is 41.9 Å². The third kappa shape index (κ3) is 6.57. The first-order valence-corrected chi connectivity index (χ1v) is 6.58. The fourth-order valence-electron chi connectivity index (χ4n) is 1.96. The fourth-order valence-corrected chi connectivity index (χ4v) is 1.96. The Hall–Kier alpha value is -1.10. The maximum absolute atomic E-state index is 9.91. The van der Waals surface area contributed by atoms with Gasteiger partial charge in [-0.2, -0.15) is 0 Å². The van der Waals surface area contributed by atoms with Gasteiger partial charge in [0.1, 0.15) is 18.5 Å². The summed E-state index contributed by atoms with van der Waals surface area (Å²) >= 11 is 0. The van der Waals surface area contributed by atoms with E-state index in [1.165, 1.54) is 11.1 Å². The van der Waals surface area contributed by atoms with Crippen molar-refractivity contribution in [3.05, 3.63) is 29.3 Å². The van der Waals surface area contributed by atoms with Gasteiger partial charge in [-0.1, -0.05) is 6.07 Å². The normalized spacial score (nSPS) is 12.7. The van der Waals surface area contributed by atoms with Gasteiger partial charge in [0.2, 0.25) is 0 Å². The maximum Gasteiger partial charge on any atom is 0.119 e. The minimum atomic E-state index is -0.498. The van der Waals surface area contributed by atoms with E-state index in [9.17, 15) is 5.11 Å². The van der Waals surface area contributed by atoms with Crippen LogP contribution >= 0.6 is 0 Å². The van der Waals surface area contributed by atoms with Gasteiger partial charge < -0.3 is 19.5 Å². The highest BCUT2D eigenvalue weighted by Gasteiger charge is 2.09. The van der Waals surface area contributed by atoms with Crippen LogP contribution in [0.4, 0.5) is 0 Å². The average molecular weight is 267 g/mol. The van der Waals surface area contributed by atoms with Crippen LogP contribution in [0, 0.1) is 13.8 Å². The molecule has 0 aromatic heterocycles. The number of ether oxygens (including phenoxy) is 2. The highest BCUT2D eigenvalue weighted by Crippen LogP contribution is 2.16. The van der Waals surface area contributed by atoms with Crippen LogP contribution in [-0.4, -0.2) is 56.6 Å². The molecule has 0 aliphatic heterocycles. The third-order valence-corrected chi connectivity index (χ3v) is 2.84. The van der Waals surface area contributed by atoms with Crippen molar-refractivity contribution < 1.29 is 14.6 Å². The minimum absolute atomic E-state index is 0.306. The summed E-state index contributed by atoms with van der Waals surface area (Å²) in [5.74, 6) is 0.816. The number of hydrogen-bond donors (Lipinski definition) is 1. The number of likely N-dealkylation sites (N-methyl/N-ethyl adjacent to an activating group) is 1. The highest BCUT2D eigenvalue weighted by molar-refractivity contribution is 5.32. The molecular weight excluding hydrogens is 242 g/mol. The van der Waals surface area contributed by atoms with E-state index in [2.05, 4.69) is 6.07 Å². The molecule has 1 rings (SSSR count). The van der Waals surface area contributed by atoms with Crippen LogP contribution in [0.25, 0.3) is 0 Å². The molecule has 1 N–H and O–H groups in total. The van der Waals surface area contributed by atoms with E-state index in [1.54, 1.807) is 7.11 Å². The van der Waals surface area contributed by atoms with Crippen LogP contribution in [0.2, 0.25) is 0 Å². The molecule has 4 nitrogen and oxygen atoms in total. The molecule has 0 aliphatic rings. The largest absolute Gasteiger partial charge is 0.491 e. The Balaban J connectivity index is 2.35. The van der Waals surface area contributed by atoms with E-state index in [0.717, 1.165) is 12.3 Å². The van der Waals surface area contributed by atoms with Gasteiger partial charge in [0.15, 0.2) is 0 Å². The first kappa shape index (κ1) is 16.0. The standard InChI is InChI=1S/C15H25NO3/c1-12-7-13(2)9-15(8-12)19-11-14(17)10-16(3)5-6-18-4/h7-9,14,17H,5-6,10-11H2,1-4H3. The predicted octanol–water partition coefficient (Wildman–Crippen LogP) is 1.62. The molecule has 1 aromatic rings. The van der Waals surface area contributed by atoms with E-state index in [0.29, 0.717) is 19.8 Å². The third-order valence-electron chi connectivity index (χ3n) is 2.84. The van der Waals surface area contributed by atoms with Gasteiger partial charge in [-0.15, -0.1) is 0 Å². The molecule has 0 saturated heterocycles. The molecule has 19 heavy (non-hydrogen) atoms. The van der Waals surface area contributed by atoms with Crippen molar-refractivity contribution in [2.45, 2.75) is 20.0 Å². The molecule has 0 amide bonds. The monoisotopic (exact) mass is 267 g/mol. The lowest BCUT2D eigenvalue weighted by Crippen LogP contribution is -2.34. The van der Waals surface area contributed by atoms with E-state index >= 15 is 0 Å². The Bertz CT molecular complexity index is 361. The lowest BCUT2D eigenvalue weighted by Gasteiger charge is -2.20. The van der Waals surface area contributed by atoms with E-state index in [4.69, 9.17) is 9.47 Å². The Labute approximate surface area is 115 Å². The second-order valence-electron chi connectivity index (χ2n) is 5.04. The van der Waals surface area contributed by atoms with Crippen molar-refractivity contribution in [3.8, 4) is 5.75 Å². The SMILES string of the molecule is COCCN(C)CC(O)COc1cc(C)cc(C)c1. The van der Waals surface area contributed by atoms with Gasteiger partial charge in [0.05, 0.1) is 6.61 Å². The number of aliphatic hydroxyl groups is 1. The summed E-state index contributed by atoms with van der Waals surface area (Å²) < 4.78 is 10.6. The quantitative estimate of drug-likeness (QED) is 0.777. The van der Waals surface area contributed by atoms with Crippen molar-refractivity contribution in [2.24, 2.45) is 0 Å². The average Bonchev–Trinajstić information content (AvgIpc) is 2.33. The van der Waals surface area contributed by atoms with Crippen LogP contribution < -0.4 is 4.74 Å². The highest BCUT2D eigenvalue weighted by atomic mass is 16.5. The van der Waals surface area contributed by atoms with Crippen LogP contribution in [0.1, 0.15) is 11.1 Å². The molecule has 0 radical (unpaired) electrons. The van der Waals surface area contributed by atoms with Crippen LogP contribution in [0.3, 0.4) is 0 Å². The molecule has 0 fully saturated rings. The van der Waals surface area contributed by atoms with Gasteiger partial charge in [0.25, 0.3) is 0 Å². The maximum atomic E-state index is 9.91. The van der Waals surface area contributed by atoms with Gasteiger partial charge in [-0.05, 0) is 44.2 Å². The molecule has 0 aliphatic carbocycles. The van der Waals surface area contributed by atoms with Gasteiger partial charge in [-0.25, -0.2) is 0 Å². The Morgan fingerprint density at radius 1 is 1.21 bits per heavy atom. The van der Waals surface area contributed by atoms with E-state index in [1.807, 2.05) is 37.9 Å². The summed E-state index contributed by atoms with van der Waals surface area (Å²) in [5.41, 5.74) is 2.34. The van der Waals surface area contributed by atoms with Crippen molar-refractivity contribution in [3.63, 3.8) is 0 Å². The van der Waals surface area contributed by atoms with Crippen molar-refractivity contribution in [1.82, 2.24) is 4.90 Å². The second kappa shape index (κ2) is 8.15. The zero-order chi connectivity index (χ0) is 14.3. The Kier molecular flexibility index (Phi) is 6.84. The predicted molar refractivity (Wildman–Crippen MR) is 76.8 cm³/mol. The first-order valence-electron chi connectivity index (χ1n) is 6.58. The zero-order valence-corrected chi connectivity index (χ0v) is 12.3. The zero-order valence-electron chi connectivity index (χ0n) is 12.3. The number of aryl methyl sites for hydroxylation is 2. The van der Waals surface area contributed by atoms with Gasteiger partial charge in [0, 0.05) is 20.2 Å². The smallest absolute Gasteiger partial charge is 0.119 e. The Morgan fingerprint density at radius 3 is 2.42 bits per heavy atom. The number of rotatable bonds is 8. The number of nitrogens with zero attached hydrogens (tertiary/aromatic N) is 1. The summed E-state index contributed by atoms with van der Waals surface area (Å²) in [6, 6.07) is 6.06. The van der Waals surface area contributed by atoms with E-state index < -0.39 is 6.10 Å². The molecule has 0 bridgehead atoms. The lowest BCUT2D eigenvalue weighted by molar-refractivity contribution is 0.0667. The van der Waals surface area contributed by atoms with Crippen LogP contribution in [0.5, 0.6) is 5.75 Å². The van der Waals surface area contributed by atoms with Crippen LogP contribution in [-0.2, 0) is 4.74 Å². The molecule has 1 unspecified atom stereocenters. The minimum Gasteiger partial charge on any atom is -0.491 e. The summed E-state index contributed by atoms with van der Waals surface area (Å²) in [6.07, 6.45) is -0.498. The first-order chi connectivity index (χ1) is 9.01. The number of benzene rings is 1. The van der Waals surface area contributed by atoms with Crippen LogP contribution in [0.15, 0.2) is 18.2 Å². The number of methoxy groups -OCH3 is 1. The van der Waals surface area contributed by atoms with Gasteiger partial charge in [-0.3, -0.25) is 0 Å². The number of aliphatic hydroxyl groups excluding tert-OH is 1. The second-order valence-corrected chi connectivity index (χ2v) is 5.04. The molecule has 4 heteroatoms. The summed E-state index contributed by atoms with van der Waals surface area (Å²) in [7, 11) is 3.63. The van der Waals surface area contributed by atoms with Crippen molar-refractivity contribution in [2.75, 3.05) is 40.5 Å². The fraction of sp³-hybridized carbons (Fsp3) is 0.600. The molecule has 1 atom stereocenters. The van der Waals surface area contributed by atoms with Gasteiger partial charge >= 0.3 is 0 Å². The molecule has 0 saturated carbocycles. The summed E-state index contributed by atoms with van der Waals surface area (Å²) in [5, 5.41) is 9.91. The number of hydrogen-bond acceptors (Lipinski definition) is 4. The summed E-state index contributed by atoms with van der Waals surface area (Å²) in [6.45, 7) is 6.43. The molecule has 0 spiro atoms. The Morgan fingerprint density at radius 2 is 1.84 bits per heavy atom. The summed E-state index contributed by atoms with van der Waals surface area (Å²) in [4.78, 5) is 2.03. The molecule has 0 heterocycles. The van der Waals surface area contributed by atoms with Crippen molar-refractivity contribution in [1.29, 1.82) is 0 Å². The van der Waals surface area contributed by atoms with Crippen molar-refractivity contribution >= 4 is 0 Å². The lowest BCUT2D eigenvalue weighted by atomic mass is 10.1. The van der Waals surface area contributed by atoms with E-state index in [-0.39, 0.29) is 0 Å². The molecule has 108 valence electrons. The molecular formula is C15H25NO3.